The van der Waals surface area contributed by atoms with Crippen LogP contribution in [-0.4, -0.2) is 24.6 Å². The summed E-state index contributed by atoms with van der Waals surface area (Å²) in [5.74, 6) is -0.617. The maximum Gasteiger partial charge on any atom is 0.352 e. The molecule has 1 aromatic rings. The first-order valence-electron chi connectivity index (χ1n) is 6.09. The highest BCUT2D eigenvalue weighted by atomic mass is 16.5. The van der Waals surface area contributed by atoms with E-state index in [2.05, 4.69) is 9.73 Å². The number of methoxy groups -OCH3 is 1. The van der Waals surface area contributed by atoms with Crippen LogP contribution in [0.15, 0.2) is 35.3 Å². The van der Waals surface area contributed by atoms with E-state index in [4.69, 9.17) is 0 Å². The van der Waals surface area contributed by atoms with E-state index in [-0.39, 0.29) is 17.9 Å². The van der Waals surface area contributed by atoms with E-state index in [9.17, 15) is 9.59 Å². The number of carbonyl (C=O) groups excluding carboxylic acids is 2. The van der Waals surface area contributed by atoms with Gasteiger partial charge in [0.15, 0.2) is 0 Å². The molecule has 102 valence electrons. The molecule has 19 heavy (non-hydrogen) atoms. The zero-order chi connectivity index (χ0) is 14.5. The Bertz CT molecular complexity index is 484. The van der Waals surface area contributed by atoms with Crippen LogP contribution in [-0.2, 0) is 14.3 Å². The van der Waals surface area contributed by atoms with Gasteiger partial charge in [0, 0.05) is 5.41 Å². The van der Waals surface area contributed by atoms with E-state index in [0.717, 1.165) is 0 Å². The van der Waals surface area contributed by atoms with Gasteiger partial charge in [-0.3, -0.25) is 4.79 Å². The summed E-state index contributed by atoms with van der Waals surface area (Å²) in [6.45, 7) is 5.44. The third-order valence-electron chi connectivity index (χ3n) is 2.61. The Morgan fingerprint density at radius 3 is 2.21 bits per heavy atom. The molecule has 0 saturated carbocycles. The molecule has 0 aliphatic rings. The van der Waals surface area contributed by atoms with E-state index in [1.165, 1.54) is 7.11 Å². The molecule has 1 rings (SSSR count). The number of benzene rings is 1. The van der Waals surface area contributed by atoms with Crippen molar-refractivity contribution >= 4 is 23.2 Å². The molecule has 1 aromatic carbocycles. The Kier molecular flexibility index (Phi) is 4.98. The van der Waals surface area contributed by atoms with Crippen LogP contribution in [0.3, 0.4) is 0 Å². The first-order valence-corrected chi connectivity index (χ1v) is 6.09. The second-order valence-corrected chi connectivity index (χ2v) is 5.24. The lowest BCUT2D eigenvalue weighted by molar-refractivity contribution is -0.134. The number of hydrogen-bond donors (Lipinski definition) is 0. The molecule has 0 amide bonds. The predicted molar refractivity (Wildman–Crippen MR) is 74.6 cm³/mol. The quantitative estimate of drug-likeness (QED) is 0.618. The second-order valence-electron chi connectivity index (χ2n) is 5.24. The molecule has 4 heteroatoms. The molecular weight excluding hydrogens is 242 g/mol. The van der Waals surface area contributed by atoms with Crippen LogP contribution in [0.4, 0.5) is 5.69 Å². The zero-order valence-electron chi connectivity index (χ0n) is 11.8. The molecule has 0 radical (unpaired) electrons. The van der Waals surface area contributed by atoms with Gasteiger partial charge in [-0.1, -0.05) is 39.0 Å². The van der Waals surface area contributed by atoms with Gasteiger partial charge in [-0.15, -0.1) is 0 Å². The van der Waals surface area contributed by atoms with Gasteiger partial charge in [-0.05, 0) is 12.1 Å². The maximum absolute atomic E-state index is 12.0. The van der Waals surface area contributed by atoms with Crippen molar-refractivity contribution in [1.82, 2.24) is 0 Å². The maximum atomic E-state index is 12.0. The van der Waals surface area contributed by atoms with Crippen molar-refractivity contribution in [2.24, 2.45) is 10.4 Å². The van der Waals surface area contributed by atoms with Crippen LogP contribution >= 0.6 is 0 Å². The predicted octanol–water partition coefficient (Wildman–Crippen LogP) is 2.94. The summed E-state index contributed by atoms with van der Waals surface area (Å²) in [7, 11) is 1.28. The molecule has 0 heterocycles. The van der Waals surface area contributed by atoms with E-state index in [1.807, 2.05) is 39.0 Å². The lowest BCUT2D eigenvalue weighted by Crippen LogP contribution is -2.27. The summed E-state index contributed by atoms with van der Waals surface area (Å²) < 4.78 is 4.68. The van der Waals surface area contributed by atoms with Crippen LogP contribution in [0, 0.1) is 5.41 Å². The van der Waals surface area contributed by atoms with Gasteiger partial charge in [0.25, 0.3) is 0 Å². The Morgan fingerprint density at radius 1 is 1.16 bits per heavy atom. The van der Waals surface area contributed by atoms with Gasteiger partial charge in [0.05, 0.1) is 19.2 Å². The summed E-state index contributed by atoms with van der Waals surface area (Å²) in [6.07, 6.45) is -0.0228. The van der Waals surface area contributed by atoms with Crippen LogP contribution in [0.25, 0.3) is 0 Å². The minimum Gasteiger partial charge on any atom is -0.465 e. The molecule has 0 spiro atoms. The number of ketones is 1. The first-order chi connectivity index (χ1) is 8.84. The summed E-state index contributed by atoms with van der Waals surface area (Å²) in [5, 5.41) is 0. The molecule has 0 unspecified atom stereocenters. The number of ether oxygens (including phenoxy) is 1. The van der Waals surface area contributed by atoms with Gasteiger partial charge in [-0.2, -0.15) is 0 Å². The fraction of sp³-hybridized carbons (Fsp3) is 0.400. The number of hydrogen-bond acceptors (Lipinski definition) is 4. The summed E-state index contributed by atoms with van der Waals surface area (Å²) >= 11 is 0. The average molecular weight is 261 g/mol. The largest absolute Gasteiger partial charge is 0.465 e. The molecule has 0 bridgehead atoms. The normalized spacial score (nSPS) is 12.1. The van der Waals surface area contributed by atoms with Crippen molar-refractivity contribution in [1.29, 1.82) is 0 Å². The molecule has 0 fully saturated rings. The lowest BCUT2D eigenvalue weighted by atomic mass is 9.88. The number of aliphatic imine (C=N–C) groups is 1. The lowest BCUT2D eigenvalue weighted by Gasteiger charge is -2.16. The summed E-state index contributed by atoms with van der Waals surface area (Å²) in [5.41, 5.74) is 0.254. The minimum absolute atomic E-state index is 0.0228. The average Bonchev–Trinajstić information content (AvgIpc) is 2.37. The number of Topliss-reactive ketones (excluding diaryl/α,β-unsaturated/α-hetero) is 1. The summed E-state index contributed by atoms with van der Waals surface area (Å²) in [4.78, 5) is 27.9. The SMILES string of the molecule is COC(=O)C(CC(=O)C(C)(C)C)=Nc1ccccc1. The van der Waals surface area contributed by atoms with Crippen molar-refractivity contribution in [3.05, 3.63) is 30.3 Å². The molecule has 0 aliphatic heterocycles. The third kappa shape index (κ3) is 4.66. The molecular formula is C15H19NO3. The first kappa shape index (κ1) is 15.1. The van der Waals surface area contributed by atoms with Gasteiger partial charge in [0.1, 0.15) is 11.5 Å². The molecule has 4 nitrogen and oxygen atoms in total. The smallest absolute Gasteiger partial charge is 0.352 e. The highest BCUT2D eigenvalue weighted by Gasteiger charge is 2.25. The van der Waals surface area contributed by atoms with Crippen LogP contribution in [0.2, 0.25) is 0 Å². The Labute approximate surface area is 113 Å². The standard InChI is InChI=1S/C15H19NO3/c1-15(2,3)13(17)10-12(14(18)19-4)16-11-8-6-5-7-9-11/h5-9H,10H2,1-4H3. The zero-order valence-corrected chi connectivity index (χ0v) is 11.8. The number of para-hydroxylation sites is 1. The van der Waals surface area contributed by atoms with Gasteiger partial charge in [0.2, 0.25) is 0 Å². The third-order valence-corrected chi connectivity index (χ3v) is 2.61. The molecule has 0 N–H and O–H groups in total. The molecule has 0 atom stereocenters. The monoisotopic (exact) mass is 261 g/mol. The van der Waals surface area contributed by atoms with Crippen molar-refractivity contribution in [3.8, 4) is 0 Å². The van der Waals surface area contributed by atoms with Crippen LogP contribution in [0.1, 0.15) is 27.2 Å². The topological polar surface area (TPSA) is 55.7 Å². The fourth-order valence-corrected chi connectivity index (χ4v) is 1.35. The second kappa shape index (κ2) is 6.27. The number of esters is 1. The van der Waals surface area contributed by atoms with Gasteiger partial charge >= 0.3 is 5.97 Å². The Balaban J connectivity index is 3.00. The molecule has 0 aromatic heterocycles. The van der Waals surface area contributed by atoms with E-state index in [1.54, 1.807) is 12.1 Å². The van der Waals surface area contributed by atoms with Crippen LogP contribution in [0.5, 0.6) is 0 Å². The van der Waals surface area contributed by atoms with Crippen molar-refractivity contribution in [2.75, 3.05) is 7.11 Å². The number of rotatable bonds is 4. The molecule has 0 saturated heterocycles. The highest BCUT2D eigenvalue weighted by molar-refractivity contribution is 6.40. The van der Waals surface area contributed by atoms with E-state index >= 15 is 0 Å². The molecule has 0 aliphatic carbocycles. The van der Waals surface area contributed by atoms with Gasteiger partial charge < -0.3 is 4.74 Å². The van der Waals surface area contributed by atoms with Crippen molar-refractivity contribution < 1.29 is 14.3 Å². The number of carbonyl (C=O) groups is 2. The minimum atomic E-state index is -0.568. The Morgan fingerprint density at radius 2 is 1.74 bits per heavy atom. The van der Waals surface area contributed by atoms with Crippen molar-refractivity contribution in [3.63, 3.8) is 0 Å². The van der Waals surface area contributed by atoms with Crippen molar-refractivity contribution in [2.45, 2.75) is 27.2 Å². The van der Waals surface area contributed by atoms with E-state index < -0.39 is 11.4 Å². The fourth-order valence-electron chi connectivity index (χ4n) is 1.35. The highest BCUT2D eigenvalue weighted by Crippen LogP contribution is 2.19. The Hall–Kier alpha value is -1.97. The van der Waals surface area contributed by atoms with Gasteiger partial charge in [-0.25, -0.2) is 9.79 Å². The van der Waals surface area contributed by atoms with E-state index in [0.29, 0.717) is 5.69 Å². The summed E-state index contributed by atoms with van der Waals surface area (Å²) in [6, 6.07) is 9.03. The number of nitrogens with zero attached hydrogens (tertiary/aromatic N) is 1. The van der Waals surface area contributed by atoms with Crippen LogP contribution < -0.4 is 0 Å².